The number of hydrogen-bond donors (Lipinski definition) is 0. The van der Waals surface area contributed by atoms with E-state index in [1.54, 1.807) is 0 Å². The monoisotopic (exact) mass is 134 g/mol. The molecule has 0 aromatic rings. The summed E-state index contributed by atoms with van der Waals surface area (Å²) < 4.78 is 0. The summed E-state index contributed by atoms with van der Waals surface area (Å²) in [7, 11) is 0. The molecule has 0 bridgehead atoms. The number of allylic oxidation sites excluding steroid dienone is 2. The molecule has 10 heavy (non-hydrogen) atoms. The summed E-state index contributed by atoms with van der Waals surface area (Å²) in [5.74, 6) is 2.99. The van der Waals surface area contributed by atoms with Crippen LogP contribution in [0, 0.1) is 18.3 Å². The van der Waals surface area contributed by atoms with Crippen molar-refractivity contribution in [2.45, 2.75) is 19.8 Å². The highest BCUT2D eigenvalue weighted by Gasteiger charge is 2.19. The van der Waals surface area contributed by atoms with Crippen LogP contribution in [-0.2, 0) is 4.79 Å². The zero-order valence-electron chi connectivity index (χ0n) is 6.05. The normalized spacial score (nSPS) is 18.2. The molecule has 0 amide bonds. The van der Waals surface area contributed by atoms with Crippen LogP contribution in [0.5, 0.6) is 0 Å². The Morgan fingerprint density at radius 2 is 2.30 bits per heavy atom. The number of ketones is 1. The van der Waals surface area contributed by atoms with Gasteiger partial charge in [0.2, 0.25) is 0 Å². The van der Waals surface area contributed by atoms with E-state index in [0.717, 1.165) is 0 Å². The van der Waals surface area contributed by atoms with Crippen molar-refractivity contribution in [3.63, 3.8) is 0 Å². The lowest BCUT2D eigenvalue weighted by molar-refractivity contribution is -0.113. The Morgan fingerprint density at radius 1 is 1.70 bits per heavy atom. The van der Waals surface area contributed by atoms with Crippen molar-refractivity contribution in [3.8, 4) is 12.3 Å². The van der Waals surface area contributed by atoms with Crippen molar-refractivity contribution in [1.82, 2.24) is 0 Å². The zero-order chi connectivity index (χ0) is 7.56. The predicted octanol–water partition coefficient (Wildman–Crippen LogP) is 1.54. The molecule has 0 aromatic heterocycles. The van der Waals surface area contributed by atoms with Gasteiger partial charge in [0.15, 0.2) is 5.78 Å². The van der Waals surface area contributed by atoms with Crippen LogP contribution in [0.25, 0.3) is 0 Å². The lowest BCUT2D eigenvalue weighted by atomic mass is 10.1. The van der Waals surface area contributed by atoms with Crippen molar-refractivity contribution in [1.29, 1.82) is 0 Å². The van der Waals surface area contributed by atoms with E-state index >= 15 is 0 Å². The van der Waals surface area contributed by atoms with E-state index in [9.17, 15) is 4.79 Å². The minimum atomic E-state index is 0.00870. The molecule has 0 saturated heterocycles. The number of Topliss-reactive ketones (excluding diaryl/α,β-unsaturated/α-hetero) is 1. The average Bonchev–Trinajstić information content (AvgIpc) is 2.64. The zero-order valence-corrected chi connectivity index (χ0v) is 6.05. The van der Waals surface area contributed by atoms with Gasteiger partial charge in [0.25, 0.3) is 0 Å². The second kappa shape index (κ2) is 2.70. The summed E-state index contributed by atoms with van der Waals surface area (Å²) in [5.41, 5.74) is 0.544. The van der Waals surface area contributed by atoms with Crippen molar-refractivity contribution in [2.75, 3.05) is 0 Å². The third-order valence-electron chi connectivity index (χ3n) is 1.56. The molecule has 1 aliphatic rings. The fourth-order valence-corrected chi connectivity index (χ4v) is 0.766. The molecule has 0 atom stereocenters. The van der Waals surface area contributed by atoms with Gasteiger partial charge in [-0.25, -0.2) is 0 Å². The first-order chi connectivity index (χ1) is 4.74. The second-order valence-corrected chi connectivity index (χ2v) is 2.62. The Balaban J connectivity index is 2.64. The van der Waals surface area contributed by atoms with E-state index in [0.29, 0.717) is 11.5 Å². The third kappa shape index (κ3) is 1.73. The van der Waals surface area contributed by atoms with E-state index in [1.807, 2.05) is 6.08 Å². The van der Waals surface area contributed by atoms with Crippen LogP contribution < -0.4 is 0 Å². The van der Waals surface area contributed by atoms with Crippen LogP contribution in [0.2, 0.25) is 0 Å². The van der Waals surface area contributed by atoms with E-state index in [-0.39, 0.29) is 5.78 Å². The topological polar surface area (TPSA) is 17.1 Å². The molecule has 1 rings (SSSR count). The Hall–Kier alpha value is -1.03. The van der Waals surface area contributed by atoms with E-state index in [4.69, 9.17) is 6.42 Å². The molecule has 0 heterocycles. The van der Waals surface area contributed by atoms with Gasteiger partial charge in [-0.15, -0.1) is 6.42 Å². The molecule has 0 spiro atoms. The average molecular weight is 134 g/mol. The lowest BCUT2D eigenvalue weighted by Crippen LogP contribution is -1.93. The highest BCUT2D eigenvalue weighted by atomic mass is 16.1. The molecule has 1 saturated carbocycles. The van der Waals surface area contributed by atoms with Crippen LogP contribution in [-0.4, -0.2) is 5.78 Å². The molecule has 0 N–H and O–H groups in total. The summed E-state index contributed by atoms with van der Waals surface area (Å²) in [4.78, 5) is 10.7. The highest BCUT2D eigenvalue weighted by molar-refractivity contribution is 5.97. The summed E-state index contributed by atoms with van der Waals surface area (Å²) >= 11 is 0. The van der Waals surface area contributed by atoms with Gasteiger partial charge in [0.05, 0.1) is 5.57 Å². The first-order valence-electron chi connectivity index (χ1n) is 3.43. The Morgan fingerprint density at radius 3 is 2.60 bits per heavy atom. The van der Waals surface area contributed by atoms with Crippen LogP contribution >= 0.6 is 0 Å². The van der Waals surface area contributed by atoms with Crippen LogP contribution in [0.15, 0.2) is 11.6 Å². The van der Waals surface area contributed by atoms with E-state index in [1.165, 1.54) is 19.8 Å². The second-order valence-electron chi connectivity index (χ2n) is 2.62. The van der Waals surface area contributed by atoms with Crippen molar-refractivity contribution in [3.05, 3.63) is 11.6 Å². The van der Waals surface area contributed by atoms with E-state index in [2.05, 4.69) is 5.92 Å². The number of carbonyl (C=O) groups is 1. The predicted molar refractivity (Wildman–Crippen MR) is 40.3 cm³/mol. The van der Waals surface area contributed by atoms with Crippen LogP contribution in [0.1, 0.15) is 19.8 Å². The van der Waals surface area contributed by atoms with Gasteiger partial charge < -0.3 is 0 Å². The minimum Gasteiger partial charge on any atom is -0.294 e. The molecule has 0 unspecified atom stereocenters. The SMILES string of the molecule is C#C/C(=C\C1CC1)C(C)=O. The fourth-order valence-electron chi connectivity index (χ4n) is 0.766. The summed E-state index contributed by atoms with van der Waals surface area (Å²) in [6.07, 6.45) is 9.40. The van der Waals surface area contributed by atoms with Gasteiger partial charge in [0.1, 0.15) is 0 Å². The smallest absolute Gasteiger partial charge is 0.167 e. The van der Waals surface area contributed by atoms with Crippen LogP contribution in [0.4, 0.5) is 0 Å². The van der Waals surface area contributed by atoms with Crippen molar-refractivity contribution in [2.24, 2.45) is 5.92 Å². The molecule has 0 aliphatic heterocycles. The van der Waals surface area contributed by atoms with Gasteiger partial charge >= 0.3 is 0 Å². The molecule has 1 aliphatic carbocycles. The Bertz CT molecular complexity index is 213. The van der Waals surface area contributed by atoms with Crippen molar-refractivity contribution < 1.29 is 4.79 Å². The fraction of sp³-hybridized carbons (Fsp3) is 0.444. The van der Waals surface area contributed by atoms with Crippen molar-refractivity contribution >= 4 is 5.78 Å². The van der Waals surface area contributed by atoms with Gasteiger partial charge in [0, 0.05) is 0 Å². The number of hydrogen-bond acceptors (Lipinski definition) is 1. The van der Waals surface area contributed by atoms with Gasteiger partial charge in [-0.3, -0.25) is 4.79 Å². The summed E-state index contributed by atoms with van der Waals surface area (Å²) in [6, 6.07) is 0. The Labute approximate surface area is 61.1 Å². The highest BCUT2D eigenvalue weighted by Crippen LogP contribution is 2.31. The number of carbonyl (C=O) groups excluding carboxylic acids is 1. The van der Waals surface area contributed by atoms with Gasteiger partial charge in [-0.05, 0) is 25.7 Å². The molecule has 1 fully saturated rings. The molecule has 0 radical (unpaired) electrons. The third-order valence-corrected chi connectivity index (χ3v) is 1.56. The molecular formula is C9H10O. The van der Waals surface area contributed by atoms with Gasteiger partial charge in [-0.2, -0.15) is 0 Å². The summed E-state index contributed by atoms with van der Waals surface area (Å²) in [5, 5.41) is 0. The minimum absolute atomic E-state index is 0.00870. The quantitative estimate of drug-likeness (QED) is 0.413. The first kappa shape index (κ1) is 7.08. The molecular weight excluding hydrogens is 124 g/mol. The van der Waals surface area contributed by atoms with Gasteiger partial charge in [-0.1, -0.05) is 12.0 Å². The molecule has 1 nitrogen and oxygen atoms in total. The maximum Gasteiger partial charge on any atom is 0.167 e. The lowest BCUT2D eigenvalue weighted by Gasteiger charge is -1.89. The largest absolute Gasteiger partial charge is 0.294 e. The van der Waals surface area contributed by atoms with E-state index < -0.39 is 0 Å². The summed E-state index contributed by atoms with van der Waals surface area (Å²) in [6.45, 7) is 1.51. The van der Waals surface area contributed by atoms with Crippen LogP contribution in [0.3, 0.4) is 0 Å². The number of terminal acetylenes is 1. The standard InChI is InChI=1S/C9H10O/c1-3-9(7(2)10)6-8-4-5-8/h1,6,8H,4-5H2,2H3/b9-6+. The molecule has 1 heteroatoms. The first-order valence-corrected chi connectivity index (χ1v) is 3.43. The Kier molecular flexibility index (Phi) is 1.91. The maximum atomic E-state index is 10.7. The molecule has 0 aromatic carbocycles. The number of rotatable bonds is 2. The maximum absolute atomic E-state index is 10.7. The molecule has 52 valence electrons.